The molecule has 0 atom stereocenters. The minimum absolute atomic E-state index is 0.131. The van der Waals surface area contributed by atoms with E-state index in [4.69, 9.17) is 10.8 Å². The molecule has 0 radical (unpaired) electrons. The molecule has 0 unspecified atom stereocenters. The SMILES string of the molecule is NC(=O)NC(=O)CSc1ccc(F)c(C(=O)O)c1. The number of aromatic carboxylic acids is 1. The van der Waals surface area contributed by atoms with Crippen molar-refractivity contribution in [3.05, 3.63) is 29.6 Å². The van der Waals surface area contributed by atoms with Gasteiger partial charge in [-0.05, 0) is 18.2 Å². The van der Waals surface area contributed by atoms with E-state index >= 15 is 0 Å². The number of benzene rings is 1. The first-order valence-corrected chi connectivity index (χ1v) is 5.63. The highest BCUT2D eigenvalue weighted by Gasteiger charge is 2.12. The van der Waals surface area contributed by atoms with Crippen LogP contribution >= 0.6 is 11.8 Å². The number of carboxylic acids is 1. The summed E-state index contributed by atoms with van der Waals surface area (Å²) in [5.41, 5.74) is 4.26. The summed E-state index contributed by atoms with van der Waals surface area (Å²) in [5, 5.41) is 10.5. The normalized spacial score (nSPS) is 9.83. The van der Waals surface area contributed by atoms with Gasteiger partial charge in [0, 0.05) is 4.90 Å². The third kappa shape index (κ3) is 4.06. The molecule has 1 aromatic carbocycles. The third-order valence-corrected chi connectivity index (χ3v) is 2.79. The standard InChI is InChI=1S/C10H9FN2O4S/c11-7-2-1-5(3-6(7)9(15)16)18-4-8(14)13-10(12)17/h1-3H,4H2,(H,15,16)(H3,12,13,14,17). The highest BCUT2D eigenvalue weighted by molar-refractivity contribution is 8.00. The summed E-state index contributed by atoms with van der Waals surface area (Å²) >= 11 is 0.961. The lowest BCUT2D eigenvalue weighted by Crippen LogP contribution is -2.36. The van der Waals surface area contributed by atoms with E-state index in [0.717, 1.165) is 23.9 Å². The lowest BCUT2D eigenvalue weighted by Gasteiger charge is -2.03. The molecule has 18 heavy (non-hydrogen) atoms. The molecule has 0 aliphatic carbocycles. The Kier molecular flexibility index (Phi) is 4.67. The van der Waals surface area contributed by atoms with E-state index in [9.17, 15) is 18.8 Å². The fraction of sp³-hybridized carbons (Fsp3) is 0.100. The summed E-state index contributed by atoms with van der Waals surface area (Å²) < 4.78 is 13.1. The van der Waals surface area contributed by atoms with Crippen LogP contribution < -0.4 is 11.1 Å². The number of carbonyl (C=O) groups is 3. The maximum atomic E-state index is 13.1. The number of amides is 3. The van der Waals surface area contributed by atoms with Crippen LogP contribution in [-0.2, 0) is 4.79 Å². The number of nitrogens with one attached hydrogen (secondary N) is 1. The number of hydrogen-bond acceptors (Lipinski definition) is 4. The van der Waals surface area contributed by atoms with Crippen molar-refractivity contribution in [2.75, 3.05) is 5.75 Å². The maximum absolute atomic E-state index is 13.1. The molecule has 0 aliphatic heterocycles. The number of imide groups is 1. The highest BCUT2D eigenvalue weighted by Crippen LogP contribution is 2.21. The maximum Gasteiger partial charge on any atom is 0.338 e. The van der Waals surface area contributed by atoms with Crippen molar-refractivity contribution in [1.82, 2.24) is 5.32 Å². The van der Waals surface area contributed by atoms with Gasteiger partial charge in [0.1, 0.15) is 5.82 Å². The Bertz CT molecular complexity index is 507. The van der Waals surface area contributed by atoms with Gasteiger partial charge >= 0.3 is 12.0 Å². The van der Waals surface area contributed by atoms with E-state index < -0.39 is 29.3 Å². The Morgan fingerprint density at radius 1 is 1.39 bits per heavy atom. The largest absolute Gasteiger partial charge is 0.478 e. The average molecular weight is 272 g/mol. The predicted molar refractivity (Wildman–Crippen MR) is 61.8 cm³/mol. The molecule has 0 saturated carbocycles. The second kappa shape index (κ2) is 6.01. The lowest BCUT2D eigenvalue weighted by molar-refractivity contribution is -0.117. The number of primary amides is 1. The molecule has 6 nitrogen and oxygen atoms in total. The molecule has 8 heteroatoms. The topological polar surface area (TPSA) is 109 Å². The lowest BCUT2D eigenvalue weighted by atomic mass is 10.2. The number of rotatable bonds is 4. The van der Waals surface area contributed by atoms with Gasteiger partial charge in [0.05, 0.1) is 11.3 Å². The van der Waals surface area contributed by atoms with Crippen molar-refractivity contribution < 1.29 is 23.9 Å². The average Bonchev–Trinajstić information content (AvgIpc) is 2.26. The molecule has 0 bridgehead atoms. The van der Waals surface area contributed by atoms with Crippen molar-refractivity contribution >= 4 is 29.7 Å². The zero-order valence-electron chi connectivity index (χ0n) is 8.97. The number of carboxylic acid groups (broad SMARTS) is 1. The summed E-state index contributed by atoms with van der Waals surface area (Å²) in [7, 11) is 0. The van der Waals surface area contributed by atoms with Gasteiger partial charge in [0.2, 0.25) is 5.91 Å². The summed E-state index contributed by atoms with van der Waals surface area (Å²) in [6.45, 7) is 0. The fourth-order valence-corrected chi connectivity index (χ4v) is 1.82. The summed E-state index contributed by atoms with van der Waals surface area (Å²) in [6, 6.07) is 2.48. The van der Waals surface area contributed by atoms with Crippen molar-refractivity contribution in [1.29, 1.82) is 0 Å². The molecular weight excluding hydrogens is 263 g/mol. The van der Waals surface area contributed by atoms with E-state index in [1.165, 1.54) is 6.07 Å². The van der Waals surface area contributed by atoms with Crippen LogP contribution in [0.1, 0.15) is 10.4 Å². The molecule has 0 aromatic heterocycles. The molecule has 3 amide bonds. The molecular formula is C10H9FN2O4S. The molecule has 4 N–H and O–H groups in total. The van der Waals surface area contributed by atoms with Crippen LogP contribution in [0.3, 0.4) is 0 Å². The van der Waals surface area contributed by atoms with Gasteiger partial charge < -0.3 is 10.8 Å². The second-order valence-electron chi connectivity index (χ2n) is 3.15. The van der Waals surface area contributed by atoms with E-state index in [2.05, 4.69) is 0 Å². The number of thioether (sulfide) groups is 1. The first-order valence-electron chi connectivity index (χ1n) is 4.65. The number of hydrogen-bond donors (Lipinski definition) is 3. The van der Waals surface area contributed by atoms with Crippen LogP contribution in [0.25, 0.3) is 0 Å². The van der Waals surface area contributed by atoms with E-state index in [1.807, 2.05) is 5.32 Å². The van der Waals surface area contributed by atoms with E-state index in [1.54, 1.807) is 0 Å². The predicted octanol–water partition coefficient (Wildman–Crippen LogP) is 0.811. The van der Waals surface area contributed by atoms with Gasteiger partial charge in [-0.3, -0.25) is 10.1 Å². The van der Waals surface area contributed by atoms with Crippen molar-refractivity contribution in [3.8, 4) is 0 Å². The van der Waals surface area contributed by atoms with Crippen LogP contribution in [0.2, 0.25) is 0 Å². The third-order valence-electron chi connectivity index (χ3n) is 1.80. The van der Waals surface area contributed by atoms with Gasteiger partial charge in [-0.25, -0.2) is 14.0 Å². The smallest absolute Gasteiger partial charge is 0.338 e. The highest BCUT2D eigenvalue weighted by atomic mass is 32.2. The summed E-state index contributed by atoms with van der Waals surface area (Å²) in [4.78, 5) is 32.5. The molecule has 1 rings (SSSR count). The first-order chi connectivity index (χ1) is 8.40. The van der Waals surface area contributed by atoms with Gasteiger partial charge in [0.25, 0.3) is 0 Å². The van der Waals surface area contributed by atoms with Gasteiger partial charge in [-0.15, -0.1) is 11.8 Å². The Balaban J connectivity index is 2.69. The minimum atomic E-state index is -1.39. The van der Waals surface area contributed by atoms with Crippen molar-refractivity contribution in [2.24, 2.45) is 5.73 Å². The van der Waals surface area contributed by atoms with Gasteiger partial charge in [-0.2, -0.15) is 0 Å². The molecule has 0 saturated heterocycles. The Hall–Kier alpha value is -2.09. The van der Waals surface area contributed by atoms with Crippen LogP contribution in [0.15, 0.2) is 23.1 Å². The summed E-state index contributed by atoms with van der Waals surface area (Å²) in [6.07, 6.45) is 0. The van der Waals surface area contributed by atoms with Crippen LogP contribution in [-0.4, -0.2) is 28.8 Å². The van der Waals surface area contributed by atoms with E-state index in [0.29, 0.717) is 4.90 Å². The Labute approximate surface area is 105 Å². The molecule has 0 aliphatic rings. The number of carbonyl (C=O) groups excluding carboxylic acids is 2. The number of nitrogens with two attached hydrogens (primary N) is 1. The second-order valence-corrected chi connectivity index (χ2v) is 4.20. The molecule has 0 heterocycles. The number of halogens is 1. The molecule has 96 valence electrons. The van der Waals surface area contributed by atoms with Gasteiger partial charge in [-0.1, -0.05) is 0 Å². The fourth-order valence-electron chi connectivity index (χ4n) is 1.08. The van der Waals surface area contributed by atoms with Crippen LogP contribution in [0.4, 0.5) is 9.18 Å². The van der Waals surface area contributed by atoms with E-state index in [-0.39, 0.29) is 5.75 Å². The minimum Gasteiger partial charge on any atom is -0.478 e. The first kappa shape index (κ1) is 14.0. The molecule has 1 aromatic rings. The van der Waals surface area contributed by atoms with Crippen molar-refractivity contribution in [2.45, 2.75) is 4.90 Å². The molecule has 0 fully saturated rings. The summed E-state index contributed by atoms with van der Waals surface area (Å²) in [5.74, 6) is -2.99. The van der Waals surface area contributed by atoms with Crippen LogP contribution in [0, 0.1) is 5.82 Å². The number of urea groups is 1. The Morgan fingerprint density at radius 3 is 2.61 bits per heavy atom. The van der Waals surface area contributed by atoms with Crippen molar-refractivity contribution in [3.63, 3.8) is 0 Å². The quantitative estimate of drug-likeness (QED) is 0.703. The zero-order valence-corrected chi connectivity index (χ0v) is 9.79. The zero-order chi connectivity index (χ0) is 13.7. The Morgan fingerprint density at radius 2 is 2.06 bits per heavy atom. The monoisotopic (exact) mass is 272 g/mol. The van der Waals surface area contributed by atoms with Gasteiger partial charge in [0.15, 0.2) is 0 Å². The van der Waals surface area contributed by atoms with Crippen LogP contribution in [0.5, 0.6) is 0 Å². The molecule has 0 spiro atoms.